The number of hydrogen-bond acceptors (Lipinski definition) is 5. The molecule has 1 aliphatic rings. The van der Waals surface area contributed by atoms with Crippen LogP contribution in [0.2, 0.25) is 0 Å². The lowest BCUT2D eigenvalue weighted by molar-refractivity contribution is 0.0945. The van der Waals surface area contributed by atoms with Crippen molar-refractivity contribution >= 4 is 23.2 Å². The Bertz CT molecular complexity index is 1090. The van der Waals surface area contributed by atoms with Crippen LogP contribution >= 0.6 is 0 Å². The zero-order valence-electron chi connectivity index (χ0n) is 18.7. The number of likely N-dealkylation sites (tertiary alicyclic amines) is 1. The van der Waals surface area contributed by atoms with Gasteiger partial charge in [0.25, 0.3) is 11.8 Å². The Morgan fingerprint density at radius 3 is 2.45 bits per heavy atom. The number of nitrogens with zero attached hydrogens (tertiary/aromatic N) is 3. The summed E-state index contributed by atoms with van der Waals surface area (Å²) in [6.07, 6.45) is 7.13. The first-order valence-electron chi connectivity index (χ1n) is 11.4. The summed E-state index contributed by atoms with van der Waals surface area (Å²) in [5.74, 6) is -0.326. The summed E-state index contributed by atoms with van der Waals surface area (Å²) in [7, 11) is 0. The number of benzene rings is 2. The van der Waals surface area contributed by atoms with Gasteiger partial charge in [-0.05, 0) is 55.8 Å². The molecule has 0 atom stereocenters. The van der Waals surface area contributed by atoms with Crippen molar-refractivity contribution in [2.75, 3.05) is 37.2 Å². The molecule has 1 fully saturated rings. The molecule has 8 heteroatoms. The van der Waals surface area contributed by atoms with Crippen molar-refractivity contribution in [1.82, 2.24) is 20.0 Å². The molecule has 172 valence electrons. The normalized spacial score (nSPS) is 14.1. The van der Waals surface area contributed by atoms with Crippen LogP contribution in [0, 0.1) is 0 Å². The van der Waals surface area contributed by atoms with Gasteiger partial charge in [0, 0.05) is 24.8 Å². The summed E-state index contributed by atoms with van der Waals surface area (Å²) in [5.41, 5.74) is 9.06. The number of carbonyl (C=O) groups is 2. The molecule has 2 amide bonds. The second kappa shape index (κ2) is 10.8. The van der Waals surface area contributed by atoms with Crippen molar-refractivity contribution in [1.29, 1.82) is 0 Å². The Kier molecular flexibility index (Phi) is 7.36. The summed E-state index contributed by atoms with van der Waals surface area (Å²) in [5, 5.41) is 10.1. The van der Waals surface area contributed by atoms with E-state index >= 15 is 0 Å². The van der Waals surface area contributed by atoms with Crippen LogP contribution < -0.4 is 16.4 Å². The van der Waals surface area contributed by atoms with E-state index in [0.29, 0.717) is 35.6 Å². The maximum Gasteiger partial charge on any atom is 0.255 e. The predicted octanol–water partition coefficient (Wildman–Crippen LogP) is 2.98. The lowest BCUT2D eigenvalue weighted by Gasteiger charge is -2.26. The largest absolute Gasteiger partial charge is 0.397 e. The van der Waals surface area contributed by atoms with Gasteiger partial charge < -0.3 is 21.3 Å². The van der Waals surface area contributed by atoms with Gasteiger partial charge in [-0.1, -0.05) is 30.7 Å². The van der Waals surface area contributed by atoms with Crippen molar-refractivity contribution < 1.29 is 9.59 Å². The summed E-state index contributed by atoms with van der Waals surface area (Å²) in [6, 6.07) is 14.4. The molecule has 0 bridgehead atoms. The highest BCUT2D eigenvalue weighted by Crippen LogP contribution is 2.18. The van der Waals surface area contributed by atoms with E-state index in [2.05, 4.69) is 20.6 Å². The van der Waals surface area contributed by atoms with Gasteiger partial charge in [-0.15, -0.1) is 0 Å². The molecular formula is C25H30N6O2. The minimum atomic E-state index is -0.220. The Morgan fingerprint density at radius 2 is 1.70 bits per heavy atom. The third-order valence-corrected chi connectivity index (χ3v) is 5.83. The van der Waals surface area contributed by atoms with E-state index < -0.39 is 0 Å². The number of para-hydroxylation sites is 2. The summed E-state index contributed by atoms with van der Waals surface area (Å²) in [4.78, 5) is 27.3. The number of nitrogens with one attached hydrogen (secondary N) is 2. The third-order valence-electron chi connectivity index (χ3n) is 5.83. The standard InChI is InChI=1S/C25H30N6O2/c26-22-6-2-3-7-23(22)29-25(33)20-10-8-19(9-11-20)17-31-18-21(16-28-31)24(32)27-12-15-30-13-4-1-5-14-30/h2-3,6-11,16,18H,1,4-5,12-15,17,26H2,(H,27,32)(H,29,33). The van der Waals surface area contributed by atoms with Crippen LogP contribution in [0.1, 0.15) is 45.5 Å². The van der Waals surface area contributed by atoms with E-state index in [1.807, 2.05) is 24.3 Å². The summed E-state index contributed by atoms with van der Waals surface area (Å²) < 4.78 is 1.72. The summed E-state index contributed by atoms with van der Waals surface area (Å²) in [6.45, 7) is 4.27. The molecule has 8 nitrogen and oxygen atoms in total. The molecule has 4 rings (SSSR count). The third kappa shape index (κ3) is 6.20. The molecule has 0 aliphatic carbocycles. The highest BCUT2D eigenvalue weighted by Gasteiger charge is 2.12. The van der Waals surface area contributed by atoms with Gasteiger partial charge in [0.2, 0.25) is 0 Å². The van der Waals surface area contributed by atoms with Crippen molar-refractivity contribution in [3.8, 4) is 0 Å². The van der Waals surface area contributed by atoms with Crippen LogP contribution in [-0.4, -0.2) is 52.7 Å². The molecule has 33 heavy (non-hydrogen) atoms. The fourth-order valence-corrected chi connectivity index (χ4v) is 3.93. The minimum absolute atomic E-state index is 0.106. The number of nitrogens with two attached hydrogens (primary N) is 1. The topological polar surface area (TPSA) is 105 Å². The van der Waals surface area contributed by atoms with E-state index in [4.69, 9.17) is 5.73 Å². The van der Waals surface area contributed by atoms with Gasteiger partial charge in [0.1, 0.15) is 0 Å². The second-order valence-electron chi connectivity index (χ2n) is 8.32. The quantitative estimate of drug-likeness (QED) is 0.462. The van der Waals surface area contributed by atoms with Crippen molar-refractivity contribution in [2.45, 2.75) is 25.8 Å². The zero-order chi connectivity index (χ0) is 23.0. The number of amides is 2. The lowest BCUT2D eigenvalue weighted by atomic mass is 10.1. The Hall–Kier alpha value is -3.65. The number of piperidine rings is 1. The van der Waals surface area contributed by atoms with E-state index in [1.54, 1.807) is 41.3 Å². The van der Waals surface area contributed by atoms with Crippen LogP contribution in [-0.2, 0) is 6.54 Å². The number of hydrogen-bond donors (Lipinski definition) is 3. The molecule has 0 unspecified atom stereocenters. The molecule has 0 spiro atoms. The van der Waals surface area contributed by atoms with E-state index in [-0.39, 0.29) is 11.8 Å². The number of aromatic nitrogens is 2. The van der Waals surface area contributed by atoms with Crippen LogP contribution in [0.25, 0.3) is 0 Å². The summed E-state index contributed by atoms with van der Waals surface area (Å²) >= 11 is 0. The van der Waals surface area contributed by atoms with E-state index in [1.165, 1.54) is 19.3 Å². The predicted molar refractivity (Wildman–Crippen MR) is 129 cm³/mol. The second-order valence-corrected chi connectivity index (χ2v) is 8.32. The maximum absolute atomic E-state index is 12.5. The maximum atomic E-state index is 12.5. The molecule has 3 aromatic rings. The van der Waals surface area contributed by atoms with Gasteiger partial charge in [-0.3, -0.25) is 14.3 Å². The Balaban J connectivity index is 1.27. The van der Waals surface area contributed by atoms with E-state index in [0.717, 1.165) is 25.2 Å². The van der Waals surface area contributed by atoms with Crippen LogP contribution in [0.4, 0.5) is 11.4 Å². The molecule has 2 heterocycles. The smallest absolute Gasteiger partial charge is 0.255 e. The zero-order valence-corrected chi connectivity index (χ0v) is 18.7. The first-order chi connectivity index (χ1) is 16.1. The fourth-order valence-electron chi connectivity index (χ4n) is 3.93. The van der Waals surface area contributed by atoms with Crippen molar-refractivity contribution in [3.63, 3.8) is 0 Å². The van der Waals surface area contributed by atoms with Crippen LogP contribution in [0.5, 0.6) is 0 Å². The molecule has 4 N–H and O–H groups in total. The molecule has 1 saturated heterocycles. The number of anilines is 2. The molecule has 0 radical (unpaired) electrons. The van der Waals surface area contributed by atoms with Crippen LogP contribution in [0.15, 0.2) is 60.9 Å². The first kappa shape index (κ1) is 22.5. The number of rotatable bonds is 8. The Labute approximate surface area is 193 Å². The highest BCUT2D eigenvalue weighted by molar-refractivity contribution is 6.05. The fraction of sp³-hybridized carbons (Fsp3) is 0.320. The lowest BCUT2D eigenvalue weighted by Crippen LogP contribution is -2.37. The average Bonchev–Trinajstić information content (AvgIpc) is 3.30. The van der Waals surface area contributed by atoms with Crippen LogP contribution in [0.3, 0.4) is 0 Å². The molecule has 1 aliphatic heterocycles. The van der Waals surface area contributed by atoms with Gasteiger partial charge >= 0.3 is 0 Å². The first-order valence-corrected chi connectivity index (χ1v) is 11.4. The van der Waals surface area contributed by atoms with Crippen molar-refractivity contribution in [3.05, 3.63) is 77.6 Å². The van der Waals surface area contributed by atoms with Gasteiger partial charge in [-0.25, -0.2) is 0 Å². The number of carbonyl (C=O) groups excluding carboxylic acids is 2. The molecular weight excluding hydrogens is 416 g/mol. The van der Waals surface area contributed by atoms with E-state index in [9.17, 15) is 9.59 Å². The van der Waals surface area contributed by atoms with Gasteiger partial charge in [0.15, 0.2) is 0 Å². The average molecular weight is 447 g/mol. The monoisotopic (exact) mass is 446 g/mol. The SMILES string of the molecule is Nc1ccccc1NC(=O)c1ccc(Cn2cc(C(=O)NCCN3CCCCC3)cn2)cc1. The van der Waals surface area contributed by atoms with Crippen molar-refractivity contribution in [2.24, 2.45) is 0 Å². The van der Waals surface area contributed by atoms with Gasteiger partial charge in [-0.2, -0.15) is 5.10 Å². The highest BCUT2D eigenvalue weighted by atomic mass is 16.2. The Morgan fingerprint density at radius 1 is 0.939 bits per heavy atom. The van der Waals surface area contributed by atoms with Gasteiger partial charge in [0.05, 0.1) is 29.7 Å². The number of nitrogen functional groups attached to an aromatic ring is 1. The molecule has 0 saturated carbocycles. The minimum Gasteiger partial charge on any atom is -0.397 e. The molecule has 2 aromatic carbocycles. The molecule has 1 aromatic heterocycles.